The predicted molar refractivity (Wildman–Crippen MR) is 190 cm³/mol. The minimum absolute atomic E-state index is 0.0209. The summed E-state index contributed by atoms with van der Waals surface area (Å²) in [6.07, 6.45) is 0.519. The van der Waals surface area contributed by atoms with Gasteiger partial charge in [-0.25, -0.2) is 8.42 Å². The number of halogens is 1. The maximum atomic E-state index is 12.5. The van der Waals surface area contributed by atoms with Crippen molar-refractivity contribution in [1.29, 1.82) is 0 Å². The van der Waals surface area contributed by atoms with E-state index in [2.05, 4.69) is 0 Å². The number of hydrogen-bond donors (Lipinski definition) is 0. The van der Waals surface area contributed by atoms with Crippen LogP contribution in [0.3, 0.4) is 0 Å². The second-order valence-corrected chi connectivity index (χ2v) is 15.5. The average Bonchev–Trinajstić information content (AvgIpc) is 3.07. The highest BCUT2D eigenvalue weighted by Crippen LogP contribution is 2.31. The molecular weight excluding hydrogens is 668 g/mol. The third-order valence-electron chi connectivity index (χ3n) is 7.37. The molecule has 0 saturated heterocycles. The molecule has 0 aliphatic rings. The lowest BCUT2D eigenvalue weighted by molar-refractivity contribution is 0.287. The number of hydrogen-bond acceptors (Lipinski definition) is 7. The van der Waals surface area contributed by atoms with Crippen LogP contribution in [0.15, 0.2) is 137 Å². The van der Waals surface area contributed by atoms with Gasteiger partial charge >= 0.3 is 0 Å². The molecule has 1 unspecified atom stereocenters. The van der Waals surface area contributed by atoms with E-state index in [1.807, 2.05) is 99.6 Å². The van der Waals surface area contributed by atoms with Crippen LogP contribution in [0.1, 0.15) is 47.1 Å². The zero-order valence-electron chi connectivity index (χ0n) is 27.1. The summed E-state index contributed by atoms with van der Waals surface area (Å²) in [5.74, 6) is 1.42. The van der Waals surface area contributed by atoms with Crippen LogP contribution in [0.25, 0.3) is 0 Å². The van der Waals surface area contributed by atoms with Crippen LogP contribution >= 0.6 is 10.7 Å². The summed E-state index contributed by atoms with van der Waals surface area (Å²) in [6, 6.07) is 38.8. The van der Waals surface area contributed by atoms with Crippen LogP contribution < -0.4 is 9.47 Å². The van der Waals surface area contributed by atoms with Crippen molar-refractivity contribution in [3.8, 4) is 11.5 Å². The first-order valence-electron chi connectivity index (χ1n) is 15.3. The maximum Gasteiger partial charge on any atom is 0.296 e. The predicted octanol–water partition coefficient (Wildman–Crippen LogP) is 8.97. The molecule has 5 aromatic carbocycles. The first kappa shape index (κ1) is 36.7. The Bertz CT molecular complexity index is 1890. The maximum absolute atomic E-state index is 12.5. The van der Waals surface area contributed by atoms with E-state index in [4.69, 9.17) is 24.3 Å². The zero-order valence-corrected chi connectivity index (χ0v) is 29.5. The van der Waals surface area contributed by atoms with Crippen LogP contribution in [0.5, 0.6) is 11.5 Å². The molecule has 5 rings (SSSR count). The summed E-state index contributed by atoms with van der Waals surface area (Å²) >= 11 is 0. The Morgan fingerprint density at radius 1 is 0.604 bits per heavy atom. The molecule has 0 aliphatic carbocycles. The number of benzene rings is 5. The summed E-state index contributed by atoms with van der Waals surface area (Å²) in [5.41, 5.74) is 5.14. The zero-order chi connectivity index (χ0) is 34.6. The molecule has 1 atom stereocenters. The summed E-state index contributed by atoms with van der Waals surface area (Å²) in [6.45, 7) is 6.79. The van der Waals surface area contributed by atoms with Gasteiger partial charge in [0, 0.05) is 16.7 Å². The van der Waals surface area contributed by atoms with E-state index in [1.165, 1.54) is 12.1 Å². The lowest BCUT2D eigenvalue weighted by Gasteiger charge is -2.17. The summed E-state index contributed by atoms with van der Waals surface area (Å²) in [5, 5.41) is 0. The van der Waals surface area contributed by atoms with E-state index in [1.54, 1.807) is 36.4 Å². The topological polar surface area (TPSA) is 96.0 Å². The lowest BCUT2D eigenvalue weighted by atomic mass is 9.97. The van der Waals surface area contributed by atoms with Gasteiger partial charge in [0.25, 0.3) is 19.2 Å². The van der Waals surface area contributed by atoms with E-state index in [0.717, 1.165) is 27.8 Å². The van der Waals surface area contributed by atoms with Crippen molar-refractivity contribution in [3.63, 3.8) is 0 Å². The molecule has 5 aromatic rings. The van der Waals surface area contributed by atoms with Crippen molar-refractivity contribution in [3.05, 3.63) is 155 Å². The highest BCUT2D eigenvalue weighted by Gasteiger charge is 2.17. The monoisotopic (exact) mass is 706 g/mol. The van der Waals surface area contributed by atoms with E-state index >= 15 is 0 Å². The normalized spacial score (nSPS) is 12.0. The summed E-state index contributed by atoms with van der Waals surface area (Å²) in [4.78, 5) is 0.309. The van der Waals surface area contributed by atoms with Crippen LogP contribution in [-0.4, -0.2) is 23.4 Å². The third-order valence-corrected chi connectivity index (χ3v) is 10.1. The van der Waals surface area contributed by atoms with Gasteiger partial charge in [0.1, 0.15) is 24.7 Å². The lowest BCUT2D eigenvalue weighted by Crippen LogP contribution is -2.10. The van der Waals surface area contributed by atoms with Crippen LogP contribution in [0.2, 0.25) is 0 Å². The first-order valence-corrected chi connectivity index (χ1v) is 19.1. The second kappa shape index (κ2) is 17.3. The smallest absolute Gasteiger partial charge is 0.296 e. The van der Waals surface area contributed by atoms with Gasteiger partial charge in [-0.15, -0.1) is 0 Å². The van der Waals surface area contributed by atoms with Crippen molar-refractivity contribution < 1.29 is 30.5 Å². The summed E-state index contributed by atoms with van der Waals surface area (Å²) < 4.78 is 64.0. The van der Waals surface area contributed by atoms with Crippen molar-refractivity contribution in [2.24, 2.45) is 0 Å². The minimum Gasteiger partial charge on any atom is -0.489 e. The van der Waals surface area contributed by atoms with Gasteiger partial charge in [-0.1, -0.05) is 103 Å². The highest BCUT2D eigenvalue weighted by molar-refractivity contribution is 8.13. The standard InChI is InChI=1S/C31H32O5S.C7H7ClO2S/c1-24-13-15-31(16-14-24)37(32,33)36-18-17-25(2)28-19-29(34-22-26-9-5-3-6-10-26)21-30(20-28)35-23-27-11-7-4-8-12-27;1-6-2-4-7(5-3-6)11(8,9)10/h3-16,19-21,25H,17-18,22-23H2,1-2H3;2-5H,1H3. The third kappa shape index (κ3) is 11.8. The van der Waals surface area contributed by atoms with E-state index < -0.39 is 19.2 Å². The molecule has 0 saturated carbocycles. The molecule has 0 amide bonds. The molecule has 0 radical (unpaired) electrons. The molecule has 7 nitrogen and oxygen atoms in total. The largest absolute Gasteiger partial charge is 0.489 e. The van der Waals surface area contributed by atoms with Crippen LogP contribution in [0, 0.1) is 13.8 Å². The Labute approximate surface area is 288 Å². The van der Waals surface area contributed by atoms with Crippen molar-refractivity contribution in [1.82, 2.24) is 0 Å². The molecular formula is C38H39ClO7S2. The highest BCUT2D eigenvalue weighted by atomic mass is 35.7. The molecule has 48 heavy (non-hydrogen) atoms. The number of rotatable bonds is 13. The van der Waals surface area contributed by atoms with E-state index in [-0.39, 0.29) is 22.3 Å². The van der Waals surface area contributed by atoms with Gasteiger partial charge in [0.05, 0.1) is 16.4 Å². The molecule has 0 N–H and O–H groups in total. The van der Waals surface area contributed by atoms with Crippen LogP contribution in [-0.2, 0) is 36.6 Å². The fraction of sp³-hybridized carbons (Fsp3) is 0.211. The molecule has 0 aliphatic heterocycles. The van der Waals surface area contributed by atoms with Crippen molar-refractivity contribution >= 4 is 29.9 Å². The molecule has 0 aromatic heterocycles. The van der Waals surface area contributed by atoms with Gasteiger partial charge < -0.3 is 9.47 Å². The Balaban J connectivity index is 0.000000401. The Kier molecular flexibility index (Phi) is 13.2. The molecule has 252 valence electrons. The van der Waals surface area contributed by atoms with Gasteiger partial charge in [-0.2, -0.15) is 8.42 Å². The van der Waals surface area contributed by atoms with Crippen molar-refractivity contribution in [2.75, 3.05) is 6.61 Å². The number of ether oxygens (including phenoxy) is 2. The molecule has 0 heterocycles. The molecule has 0 bridgehead atoms. The van der Waals surface area contributed by atoms with Gasteiger partial charge in [-0.05, 0) is 79.3 Å². The minimum atomic E-state index is -3.80. The van der Waals surface area contributed by atoms with Crippen LogP contribution in [0.4, 0.5) is 0 Å². The Hall–Kier alpha value is -4.15. The average molecular weight is 707 g/mol. The van der Waals surface area contributed by atoms with Gasteiger partial charge in [0.15, 0.2) is 0 Å². The van der Waals surface area contributed by atoms with E-state index in [9.17, 15) is 16.8 Å². The fourth-order valence-corrected chi connectivity index (χ4v) is 6.19. The quantitative estimate of drug-likeness (QED) is 0.0891. The Morgan fingerprint density at radius 2 is 1.04 bits per heavy atom. The van der Waals surface area contributed by atoms with E-state index in [0.29, 0.717) is 31.1 Å². The Morgan fingerprint density at radius 3 is 1.48 bits per heavy atom. The SMILES string of the molecule is Cc1ccc(S(=O)(=O)Cl)cc1.Cc1ccc(S(=O)(=O)OCCC(C)c2cc(OCc3ccccc3)cc(OCc3ccccc3)c2)cc1. The van der Waals surface area contributed by atoms with Gasteiger partial charge in [-0.3, -0.25) is 4.18 Å². The molecule has 0 spiro atoms. The second-order valence-electron chi connectivity index (χ2n) is 11.3. The van der Waals surface area contributed by atoms with Crippen molar-refractivity contribution in [2.45, 2.75) is 56.1 Å². The fourth-order valence-electron chi connectivity index (χ4n) is 4.50. The summed E-state index contributed by atoms with van der Waals surface area (Å²) in [7, 11) is -2.26. The number of aryl methyl sites for hydroxylation is 2. The van der Waals surface area contributed by atoms with Gasteiger partial charge in [0.2, 0.25) is 0 Å². The first-order chi connectivity index (χ1) is 22.9. The molecule has 0 fully saturated rings. The molecule has 10 heteroatoms.